The van der Waals surface area contributed by atoms with Crippen LogP contribution < -0.4 is 0 Å². The lowest BCUT2D eigenvalue weighted by Crippen LogP contribution is -1.93. The molecule has 126 valence electrons. The smallest absolute Gasteiger partial charge is 0.0541 e. The van der Waals surface area contributed by atoms with E-state index < -0.39 is 0 Å². The van der Waals surface area contributed by atoms with Crippen molar-refractivity contribution in [1.82, 2.24) is 4.57 Å². The van der Waals surface area contributed by atoms with Crippen molar-refractivity contribution < 1.29 is 0 Å². The molecule has 0 aliphatic carbocycles. The molecule has 1 heterocycles. The number of hydrogen-bond acceptors (Lipinski definition) is 0. The highest BCUT2D eigenvalue weighted by Gasteiger charge is 2.10. The summed E-state index contributed by atoms with van der Waals surface area (Å²) in [4.78, 5) is 0. The Balaban J connectivity index is 1.60. The summed E-state index contributed by atoms with van der Waals surface area (Å²) in [7, 11) is 0. The zero-order valence-electron chi connectivity index (χ0n) is 14.8. The van der Waals surface area contributed by atoms with Crippen LogP contribution in [0.2, 0.25) is 0 Å². The first-order chi connectivity index (χ1) is 13.4. The Morgan fingerprint density at radius 2 is 0.926 bits per heavy atom. The van der Waals surface area contributed by atoms with Crippen LogP contribution in [0.15, 0.2) is 103 Å². The highest BCUT2D eigenvalue weighted by atomic mass is 15.0. The molecule has 0 spiro atoms. The Morgan fingerprint density at radius 3 is 1.52 bits per heavy atom. The summed E-state index contributed by atoms with van der Waals surface area (Å²) in [5, 5.41) is 2.56. The Labute approximate surface area is 158 Å². The van der Waals surface area contributed by atoms with E-state index in [9.17, 15) is 0 Å². The van der Waals surface area contributed by atoms with Crippen molar-refractivity contribution in [1.29, 1.82) is 0 Å². The number of aromatic nitrogens is 1. The largest absolute Gasteiger partial charge is 0.309 e. The Kier molecular flexibility index (Phi) is 3.74. The average Bonchev–Trinajstić information content (AvgIpc) is 3.08. The van der Waals surface area contributed by atoms with Crippen molar-refractivity contribution in [2.75, 3.05) is 0 Å². The lowest BCUT2D eigenvalue weighted by molar-refractivity contribution is 1.18. The summed E-state index contributed by atoms with van der Waals surface area (Å²) in [6.45, 7) is 0. The SMILES string of the molecule is C(#Cc1ccc(-n2c3ccccc3c3ccccc32)cc1)c1ccccc1. The summed E-state index contributed by atoms with van der Waals surface area (Å²) in [6.07, 6.45) is 0. The molecule has 1 aromatic heterocycles. The van der Waals surface area contributed by atoms with E-state index in [1.165, 1.54) is 21.8 Å². The average molecular weight is 343 g/mol. The summed E-state index contributed by atoms with van der Waals surface area (Å²) in [6, 6.07) is 35.7. The van der Waals surface area contributed by atoms with Crippen LogP contribution in [-0.4, -0.2) is 4.57 Å². The van der Waals surface area contributed by atoms with Crippen molar-refractivity contribution in [3.63, 3.8) is 0 Å². The van der Waals surface area contributed by atoms with Crippen molar-refractivity contribution in [2.45, 2.75) is 0 Å². The number of hydrogen-bond donors (Lipinski definition) is 0. The van der Waals surface area contributed by atoms with Gasteiger partial charge in [-0.3, -0.25) is 0 Å². The van der Waals surface area contributed by atoms with Gasteiger partial charge < -0.3 is 4.57 Å². The summed E-state index contributed by atoms with van der Waals surface area (Å²) >= 11 is 0. The maximum absolute atomic E-state index is 3.25. The summed E-state index contributed by atoms with van der Waals surface area (Å²) < 4.78 is 2.32. The lowest BCUT2D eigenvalue weighted by Gasteiger charge is -2.07. The van der Waals surface area contributed by atoms with Crippen molar-refractivity contribution in [3.05, 3.63) is 114 Å². The molecule has 0 saturated carbocycles. The van der Waals surface area contributed by atoms with Gasteiger partial charge in [0.05, 0.1) is 11.0 Å². The second-order valence-corrected chi connectivity index (χ2v) is 6.53. The van der Waals surface area contributed by atoms with Gasteiger partial charge in [0.2, 0.25) is 0 Å². The molecule has 4 aromatic carbocycles. The number of benzene rings is 4. The molecular weight excluding hydrogens is 326 g/mol. The van der Waals surface area contributed by atoms with Gasteiger partial charge in [-0.2, -0.15) is 0 Å². The minimum atomic E-state index is 1.02. The van der Waals surface area contributed by atoms with Crippen molar-refractivity contribution >= 4 is 21.8 Å². The molecule has 1 nitrogen and oxygen atoms in total. The fourth-order valence-electron chi connectivity index (χ4n) is 3.56. The molecule has 0 aliphatic heterocycles. The molecular formula is C26H17N. The third-order valence-electron chi connectivity index (χ3n) is 4.83. The number of rotatable bonds is 1. The Bertz CT molecular complexity index is 1240. The number of fused-ring (bicyclic) bond motifs is 3. The van der Waals surface area contributed by atoms with E-state index >= 15 is 0 Å². The highest BCUT2D eigenvalue weighted by molar-refractivity contribution is 6.09. The van der Waals surface area contributed by atoms with Gasteiger partial charge in [-0.1, -0.05) is 66.4 Å². The van der Waals surface area contributed by atoms with E-state index in [1.54, 1.807) is 0 Å². The normalized spacial score (nSPS) is 10.7. The first-order valence-corrected chi connectivity index (χ1v) is 9.06. The van der Waals surface area contributed by atoms with Crippen LogP contribution in [0.3, 0.4) is 0 Å². The van der Waals surface area contributed by atoms with Gasteiger partial charge >= 0.3 is 0 Å². The van der Waals surface area contributed by atoms with Gasteiger partial charge in [0.15, 0.2) is 0 Å². The van der Waals surface area contributed by atoms with Crippen LogP contribution in [0.4, 0.5) is 0 Å². The molecule has 5 rings (SSSR count). The topological polar surface area (TPSA) is 4.93 Å². The fraction of sp³-hybridized carbons (Fsp3) is 0. The first-order valence-electron chi connectivity index (χ1n) is 9.06. The molecule has 0 bridgehead atoms. The van der Waals surface area contributed by atoms with Gasteiger partial charge in [-0.25, -0.2) is 0 Å². The van der Waals surface area contributed by atoms with Crippen molar-refractivity contribution in [3.8, 4) is 17.5 Å². The monoisotopic (exact) mass is 343 g/mol. The standard InChI is InChI=1S/C26H17N/c1-2-8-20(9-3-1)14-15-21-16-18-22(19-17-21)27-25-12-6-4-10-23(25)24-11-5-7-13-26(24)27/h1-13,16-19H. The molecule has 27 heavy (non-hydrogen) atoms. The number of para-hydroxylation sites is 2. The second-order valence-electron chi connectivity index (χ2n) is 6.53. The molecule has 0 atom stereocenters. The second kappa shape index (κ2) is 6.52. The van der Waals surface area contributed by atoms with E-state index in [0.717, 1.165) is 16.8 Å². The zero-order chi connectivity index (χ0) is 18.1. The van der Waals surface area contributed by atoms with Crippen LogP contribution >= 0.6 is 0 Å². The maximum Gasteiger partial charge on any atom is 0.0541 e. The molecule has 0 N–H and O–H groups in total. The Morgan fingerprint density at radius 1 is 0.444 bits per heavy atom. The van der Waals surface area contributed by atoms with Crippen LogP contribution in [-0.2, 0) is 0 Å². The van der Waals surface area contributed by atoms with E-state index in [1.807, 2.05) is 30.3 Å². The van der Waals surface area contributed by atoms with E-state index in [2.05, 4.69) is 89.2 Å². The van der Waals surface area contributed by atoms with Crippen LogP contribution in [0.25, 0.3) is 27.5 Å². The summed E-state index contributed by atoms with van der Waals surface area (Å²) in [5.41, 5.74) is 5.65. The van der Waals surface area contributed by atoms with Gasteiger partial charge in [-0.15, -0.1) is 0 Å². The molecule has 0 aliphatic rings. The third-order valence-corrected chi connectivity index (χ3v) is 4.83. The van der Waals surface area contributed by atoms with Gasteiger partial charge in [0, 0.05) is 27.6 Å². The quantitative estimate of drug-likeness (QED) is 0.320. The lowest BCUT2D eigenvalue weighted by atomic mass is 10.1. The minimum Gasteiger partial charge on any atom is -0.309 e. The molecule has 0 fully saturated rings. The minimum absolute atomic E-state index is 1.02. The zero-order valence-corrected chi connectivity index (χ0v) is 14.8. The maximum atomic E-state index is 3.25. The van der Waals surface area contributed by atoms with Crippen molar-refractivity contribution in [2.24, 2.45) is 0 Å². The predicted octanol–water partition coefficient (Wildman–Crippen LogP) is 6.18. The van der Waals surface area contributed by atoms with Crippen LogP contribution in [0, 0.1) is 11.8 Å². The predicted molar refractivity (Wildman–Crippen MR) is 113 cm³/mol. The highest BCUT2D eigenvalue weighted by Crippen LogP contribution is 2.31. The molecule has 5 aromatic rings. The molecule has 0 radical (unpaired) electrons. The molecule has 1 heteroatoms. The first kappa shape index (κ1) is 15.5. The number of nitrogens with zero attached hydrogens (tertiary/aromatic N) is 1. The summed E-state index contributed by atoms with van der Waals surface area (Å²) in [5.74, 6) is 6.47. The van der Waals surface area contributed by atoms with E-state index in [4.69, 9.17) is 0 Å². The van der Waals surface area contributed by atoms with Crippen LogP contribution in [0.1, 0.15) is 11.1 Å². The molecule has 0 amide bonds. The van der Waals surface area contributed by atoms with Gasteiger partial charge in [0.1, 0.15) is 0 Å². The molecule has 0 unspecified atom stereocenters. The molecule has 0 saturated heterocycles. The third kappa shape index (κ3) is 2.78. The Hall–Kier alpha value is -3.76. The fourth-order valence-corrected chi connectivity index (χ4v) is 3.56. The van der Waals surface area contributed by atoms with Gasteiger partial charge in [0.25, 0.3) is 0 Å². The van der Waals surface area contributed by atoms with E-state index in [0.29, 0.717) is 0 Å². The van der Waals surface area contributed by atoms with Gasteiger partial charge in [-0.05, 0) is 48.5 Å². The van der Waals surface area contributed by atoms with Crippen LogP contribution in [0.5, 0.6) is 0 Å². The van der Waals surface area contributed by atoms with E-state index in [-0.39, 0.29) is 0 Å².